The predicted octanol–water partition coefficient (Wildman–Crippen LogP) is 4.91. The van der Waals surface area contributed by atoms with Crippen LogP contribution in [0.1, 0.15) is 37.3 Å². The summed E-state index contributed by atoms with van der Waals surface area (Å²) in [7, 11) is 0. The van der Waals surface area contributed by atoms with Crippen LogP contribution in [0.5, 0.6) is 0 Å². The highest BCUT2D eigenvalue weighted by Gasteiger charge is 2.33. The van der Waals surface area contributed by atoms with Gasteiger partial charge in [0.25, 0.3) is 5.91 Å². The molecule has 0 unspecified atom stereocenters. The second-order valence-electron chi connectivity index (χ2n) is 5.83. The normalized spacial score (nSPS) is 17.1. The van der Waals surface area contributed by atoms with E-state index < -0.39 is 0 Å². The van der Waals surface area contributed by atoms with Crippen LogP contribution >= 0.6 is 22.7 Å². The van der Waals surface area contributed by atoms with E-state index in [1.54, 1.807) is 22.7 Å². The van der Waals surface area contributed by atoms with Gasteiger partial charge < -0.3 is 4.90 Å². The number of carbonyl (C=O) groups is 1. The van der Waals surface area contributed by atoms with Crippen molar-refractivity contribution in [3.8, 4) is 0 Å². The number of rotatable bonds is 2. The van der Waals surface area contributed by atoms with Crippen molar-refractivity contribution in [3.05, 3.63) is 79.7 Å². The molecule has 2 nitrogen and oxygen atoms in total. The number of amides is 1. The van der Waals surface area contributed by atoms with Gasteiger partial charge in [0.1, 0.15) is 0 Å². The molecule has 0 radical (unpaired) electrons. The summed E-state index contributed by atoms with van der Waals surface area (Å²) in [5, 5.41) is 4.23. The Kier molecular flexibility index (Phi) is 3.79. The van der Waals surface area contributed by atoms with Crippen molar-refractivity contribution in [2.45, 2.75) is 19.4 Å². The largest absolute Gasteiger partial charge is 0.326 e. The Morgan fingerprint density at radius 1 is 1.09 bits per heavy atom. The minimum atomic E-state index is 0.0544. The van der Waals surface area contributed by atoms with Crippen LogP contribution < -0.4 is 0 Å². The molecule has 0 saturated carbocycles. The third-order valence-corrected chi connectivity index (χ3v) is 6.26. The molecule has 23 heavy (non-hydrogen) atoms. The number of hydrogen-bond acceptors (Lipinski definition) is 3. The number of fused-ring (bicyclic) bond motifs is 1. The first-order chi connectivity index (χ1) is 11.2. The van der Waals surface area contributed by atoms with E-state index in [-0.39, 0.29) is 11.9 Å². The first kappa shape index (κ1) is 14.7. The summed E-state index contributed by atoms with van der Waals surface area (Å²) in [6, 6.07) is 14.3. The lowest BCUT2D eigenvalue weighted by atomic mass is 9.97. The second-order valence-corrected chi connectivity index (χ2v) is 7.81. The molecule has 0 bridgehead atoms. The van der Waals surface area contributed by atoms with Gasteiger partial charge in [-0.2, -0.15) is 0 Å². The second kappa shape index (κ2) is 5.95. The molecule has 1 aliphatic rings. The minimum Gasteiger partial charge on any atom is -0.326 e. The molecule has 1 aliphatic heterocycles. The summed E-state index contributed by atoms with van der Waals surface area (Å²) in [5.41, 5.74) is 3.25. The average molecular weight is 339 g/mol. The maximum atomic E-state index is 13.1. The Bertz CT molecular complexity index is 817. The lowest BCUT2D eigenvalue weighted by Crippen LogP contribution is -2.39. The molecule has 0 N–H and O–H groups in total. The molecule has 116 valence electrons. The van der Waals surface area contributed by atoms with Gasteiger partial charge in [0, 0.05) is 21.9 Å². The van der Waals surface area contributed by atoms with E-state index in [0.29, 0.717) is 0 Å². The molecule has 1 aromatic carbocycles. The highest BCUT2D eigenvalue weighted by molar-refractivity contribution is 7.10. The Morgan fingerprint density at radius 2 is 1.91 bits per heavy atom. The lowest BCUT2D eigenvalue weighted by molar-refractivity contribution is 0.0699. The highest BCUT2D eigenvalue weighted by Crippen LogP contribution is 2.40. The van der Waals surface area contributed by atoms with Gasteiger partial charge in [-0.05, 0) is 53.9 Å². The summed E-state index contributed by atoms with van der Waals surface area (Å²) < 4.78 is 0. The van der Waals surface area contributed by atoms with Gasteiger partial charge in [0.15, 0.2) is 0 Å². The van der Waals surface area contributed by atoms with Gasteiger partial charge >= 0.3 is 0 Å². The number of nitrogens with zero attached hydrogens (tertiary/aromatic N) is 1. The van der Waals surface area contributed by atoms with Gasteiger partial charge in [0.05, 0.1) is 6.04 Å². The average Bonchev–Trinajstić information content (AvgIpc) is 3.25. The monoisotopic (exact) mass is 339 g/mol. The van der Waals surface area contributed by atoms with Crippen molar-refractivity contribution < 1.29 is 4.79 Å². The molecule has 1 atom stereocenters. The van der Waals surface area contributed by atoms with Crippen molar-refractivity contribution in [1.82, 2.24) is 4.90 Å². The van der Waals surface area contributed by atoms with Gasteiger partial charge in [-0.15, -0.1) is 22.7 Å². The fraction of sp³-hybridized carbons (Fsp3) is 0.211. The van der Waals surface area contributed by atoms with Crippen LogP contribution in [0.3, 0.4) is 0 Å². The van der Waals surface area contributed by atoms with Crippen LogP contribution in [0.4, 0.5) is 0 Å². The van der Waals surface area contributed by atoms with E-state index >= 15 is 0 Å². The fourth-order valence-electron chi connectivity index (χ4n) is 3.15. The molecule has 3 aromatic rings. The molecule has 0 fully saturated rings. The van der Waals surface area contributed by atoms with Gasteiger partial charge in [-0.3, -0.25) is 4.79 Å². The quantitative estimate of drug-likeness (QED) is 0.650. The molecular formula is C19H17NOS2. The Labute approximate surface area is 144 Å². The van der Waals surface area contributed by atoms with Crippen LogP contribution in [0, 0.1) is 6.92 Å². The molecule has 2 aromatic heterocycles. The van der Waals surface area contributed by atoms with E-state index in [1.165, 1.54) is 20.9 Å². The zero-order chi connectivity index (χ0) is 15.8. The van der Waals surface area contributed by atoms with Crippen molar-refractivity contribution >= 4 is 28.6 Å². The number of benzene rings is 1. The topological polar surface area (TPSA) is 20.3 Å². The van der Waals surface area contributed by atoms with Crippen LogP contribution in [-0.2, 0) is 6.42 Å². The summed E-state index contributed by atoms with van der Waals surface area (Å²) in [4.78, 5) is 17.8. The lowest BCUT2D eigenvalue weighted by Gasteiger charge is -2.35. The van der Waals surface area contributed by atoms with Gasteiger partial charge in [-0.1, -0.05) is 23.8 Å². The van der Waals surface area contributed by atoms with E-state index in [9.17, 15) is 4.79 Å². The standard InChI is InChI=1S/C19H17NOS2/c1-13-4-6-14(7-5-13)19(21)20-10-8-16-15(9-12-23-16)18(20)17-3-2-11-22-17/h2-7,9,11-12,18H,8,10H2,1H3/t18-/m0/s1. The molecule has 0 saturated heterocycles. The molecule has 3 heterocycles. The van der Waals surface area contributed by atoms with Crippen molar-refractivity contribution in [2.75, 3.05) is 6.54 Å². The van der Waals surface area contributed by atoms with Crippen LogP contribution in [-0.4, -0.2) is 17.4 Å². The van der Waals surface area contributed by atoms with Crippen molar-refractivity contribution in [3.63, 3.8) is 0 Å². The summed E-state index contributed by atoms with van der Waals surface area (Å²) in [6.45, 7) is 2.82. The summed E-state index contributed by atoms with van der Waals surface area (Å²) >= 11 is 3.53. The first-order valence-electron chi connectivity index (χ1n) is 7.71. The minimum absolute atomic E-state index is 0.0544. The first-order valence-corrected chi connectivity index (χ1v) is 9.47. The Morgan fingerprint density at radius 3 is 2.65 bits per heavy atom. The number of thiophene rings is 2. The smallest absolute Gasteiger partial charge is 0.254 e. The van der Waals surface area contributed by atoms with Crippen molar-refractivity contribution in [1.29, 1.82) is 0 Å². The zero-order valence-electron chi connectivity index (χ0n) is 12.9. The molecular weight excluding hydrogens is 322 g/mol. The van der Waals surface area contributed by atoms with Crippen LogP contribution in [0.25, 0.3) is 0 Å². The molecule has 0 spiro atoms. The Hall–Kier alpha value is -1.91. The molecule has 1 amide bonds. The molecule has 0 aliphatic carbocycles. The number of carbonyl (C=O) groups excluding carboxylic acids is 1. The van der Waals surface area contributed by atoms with Crippen molar-refractivity contribution in [2.24, 2.45) is 0 Å². The predicted molar refractivity (Wildman–Crippen MR) is 96.4 cm³/mol. The van der Waals surface area contributed by atoms with Gasteiger partial charge in [-0.25, -0.2) is 0 Å². The van der Waals surface area contributed by atoms with Crippen LogP contribution in [0.15, 0.2) is 53.2 Å². The third kappa shape index (κ3) is 2.62. The third-order valence-electron chi connectivity index (χ3n) is 4.34. The zero-order valence-corrected chi connectivity index (χ0v) is 14.5. The summed E-state index contributed by atoms with van der Waals surface area (Å²) in [6.07, 6.45) is 0.951. The number of hydrogen-bond donors (Lipinski definition) is 0. The van der Waals surface area contributed by atoms with E-state index in [0.717, 1.165) is 18.5 Å². The van der Waals surface area contributed by atoms with Crippen LogP contribution in [0.2, 0.25) is 0 Å². The number of aryl methyl sites for hydroxylation is 1. The molecule has 4 heteroatoms. The van der Waals surface area contributed by atoms with E-state index in [2.05, 4.69) is 29.0 Å². The maximum Gasteiger partial charge on any atom is 0.254 e. The Balaban J connectivity index is 1.75. The molecule has 4 rings (SSSR count). The highest BCUT2D eigenvalue weighted by atomic mass is 32.1. The fourth-order valence-corrected chi connectivity index (χ4v) is 4.91. The summed E-state index contributed by atoms with van der Waals surface area (Å²) in [5.74, 6) is 0.125. The SMILES string of the molecule is Cc1ccc(C(=O)N2CCc3sccc3[C@H]2c2cccs2)cc1. The van der Waals surface area contributed by atoms with Gasteiger partial charge in [0.2, 0.25) is 0 Å². The van der Waals surface area contributed by atoms with E-state index in [1.807, 2.05) is 36.1 Å². The maximum absolute atomic E-state index is 13.1. The van der Waals surface area contributed by atoms with E-state index in [4.69, 9.17) is 0 Å².